The number of carbonyl (C=O) groups excluding carboxylic acids is 6. The first-order valence-electron chi connectivity index (χ1n) is 17.9. The van der Waals surface area contributed by atoms with Gasteiger partial charge in [-0.3, -0.25) is 33.6 Å². The van der Waals surface area contributed by atoms with Crippen molar-refractivity contribution in [1.82, 2.24) is 41.9 Å². The minimum absolute atomic E-state index is 0.148. The van der Waals surface area contributed by atoms with Gasteiger partial charge in [0, 0.05) is 24.7 Å². The molecule has 14 N–H and O–H groups in total. The van der Waals surface area contributed by atoms with Crippen LogP contribution < -0.4 is 37.6 Å². The van der Waals surface area contributed by atoms with Crippen molar-refractivity contribution in [1.29, 1.82) is 0 Å². The second-order valence-electron chi connectivity index (χ2n) is 13.2. The van der Waals surface area contributed by atoms with Gasteiger partial charge in [0.2, 0.25) is 35.4 Å². The van der Waals surface area contributed by atoms with Gasteiger partial charge in [0.1, 0.15) is 42.3 Å². The van der Waals surface area contributed by atoms with Crippen LogP contribution in [0.25, 0.3) is 0 Å². The van der Waals surface area contributed by atoms with E-state index in [1.807, 2.05) is 5.32 Å². The predicted octanol–water partition coefficient (Wildman–Crippen LogP) is -4.60. The maximum Gasteiger partial charge on any atom is 0.328 e. The van der Waals surface area contributed by atoms with Crippen LogP contribution in [-0.4, -0.2) is 144 Å². The Kier molecular flexibility index (Phi) is 19.2. The van der Waals surface area contributed by atoms with Crippen LogP contribution in [0.4, 0.5) is 0 Å². The minimum Gasteiger partial charge on any atom is -0.481 e. The number of hydrogen-bond donors (Lipinski definition) is 13. The highest BCUT2D eigenvalue weighted by molar-refractivity contribution is 5.98. The molecule has 22 heteroatoms. The van der Waals surface area contributed by atoms with Crippen LogP contribution in [0.2, 0.25) is 0 Å². The van der Waals surface area contributed by atoms with Crippen LogP contribution in [-0.2, 0) is 51.2 Å². The number of benzene rings is 1. The first-order valence-corrected chi connectivity index (χ1v) is 17.9. The smallest absolute Gasteiger partial charge is 0.328 e. The Morgan fingerprint density at radius 2 is 1.23 bits per heavy atom. The van der Waals surface area contributed by atoms with Gasteiger partial charge in [-0.05, 0) is 18.4 Å². The van der Waals surface area contributed by atoms with E-state index < -0.39 is 121 Å². The summed E-state index contributed by atoms with van der Waals surface area (Å²) >= 11 is 0. The molecule has 0 unspecified atom stereocenters. The second kappa shape index (κ2) is 23.2. The number of aliphatic hydroxyl groups is 3. The molecule has 0 radical (unpaired) electrons. The third-order valence-corrected chi connectivity index (χ3v) is 8.73. The molecule has 1 heterocycles. The number of rotatable bonds is 24. The second-order valence-corrected chi connectivity index (χ2v) is 13.2. The molecule has 2 rings (SSSR count). The molecule has 314 valence electrons. The van der Waals surface area contributed by atoms with Gasteiger partial charge in [-0.25, -0.2) is 9.78 Å². The van der Waals surface area contributed by atoms with Gasteiger partial charge in [0.25, 0.3) is 0 Å². The highest BCUT2D eigenvalue weighted by atomic mass is 16.4. The Labute approximate surface area is 326 Å². The van der Waals surface area contributed by atoms with Gasteiger partial charge in [0.15, 0.2) is 0 Å². The summed E-state index contributed by atoms with van der Waals surface area (Å²) in [6.45, 7) is 2.67. The van der Waals surface area contributed by atoms with Crippen molar-refractivity contribution in [3.8, 4) is 0 Å². The average Bonchev–Trinajstić information content (AvgIpc) is 3.69. The first kappa shape index (κ1) is 47.2. The van der Waals surface area contributed by atoms with Crippen LogP contribution in [0.5, 0.6) is 0 Å². The summed E-state index contributed by atoms with van der Waals surface area (Å²) in [7, 11) is 0. The molecule has 22 nitrogen and oxygen atoms in total. The van der Waals surface area contributed by atoms with Crippen molar-refractivity contribution in [2.75, 3.05) is 13.2 Å². The molecule has 0 bridgehead atoms. The molecule has 1 aromatic heterocycles. The lowest BCUT2D eigenvalue weighted by Gasteiger charge is -2.29. The number of aromatic amines is 1. The number of nitrogens with two attached hydrogens (primary N) is 1. The van der Waals surface area contributed by atoms with Gasteiger partial charge < -0.3 is 68.2 Å². The Morgan fingerprint density at radius 1 is 0.702 bits per heavy atom. The maximum absolute atomic E-state index is 14.1. The summed E-state index contributed by atoms with van der Waals surface area (Å²) in [6.07, 6.45) is 0.106. The topological polar surface area (TPSA) is 365 Å². The molecule has 6 amide bonds. The number of nitrogens with one attached hydrogen (secondary N) is 7. The lowest BCUT2D eigenvalue weighted by atomic mass is 9.96. The number of hydrogen-bond acceptors (Lipinski definition) is 13. The molecule has 1 aromatic carbocycles. The largest absolute Gasteiger partial charge is 0.481 e. The number of carboxylic acids is 2. The zero-order valence-electron chi connectivity index (χ0n) is 31.5. The molecule has 0 spiro atoms. The molecular weight excluding hydrogens is 754 g/mol. The van der Waals surface area contributed by atoms with Crippen LogP contribution in [0.15, 0.2) is 42.9 Å². The Hall–Kier alpha value is -5.97. The van der Waals surface area contributed by atoms with E-state index in [1.165, 1.54) is 19.4 Å². The van der Waals surface area contributed by atoms with Gasteiger partial charge in [-0.2, -0.15) is 0 Å². The highest BCUT2D eigenvalue weighted by Crippen LogP contribution is 2.12. The number of H-pyrrole nitrogens is 1. The number of carboxylic acid groups (broad SMARTS) is 2. The summed E-state index contributed by atoms with van der Waals surface area (Å²) in [5.74, 6) is -9.86. The molecule has 0 saturated carbocycles. The monoisotopic (exact) mass is 805 g/mol. The van der Waals surface area contributed by atoms with E-state index in [0.29, 0.717) is 11.3 Å². The van der Waals surface area contributed by atoms with Crippen LogP contribution >= 0.6 is 0 Å². The fourth-order valence-corrected chi connectivity index (χ4v) is 5.23. The molecule has 57 heavy (non-hydrogen) atoms. The van der Waals surface area contributed by atoms with Gasteiger partial charge >= 0.3 is 11.9 Å². The zero-order valence-corrected chi connectivity index (χ0v) is 31.5. The number of nitrogens with zero attached hydrogens (tertiary/aromatic N) is 1. The van der Waals surface area contributed by atoms with E-state index in [2.05, 4.69) is 36.6 Å². The number of aliphatic hydroxyl groups excluding tert-OH is 3. The molecule has 0 aliphatic rings. The molecule has 0 saturated heterocycles. The Bertz CT molecular complexity index is 1680. The third kappa shape index (κ3) is 15.2. The summed E-state index contributed by atoms with van der Waals surface area (Å²) in [5, 5.41) is 61.5. The summed E-state index contributed by atoms with van der Waals surface area (Å²) in [6, 6.07) is -2.63. The van der Waals surface area contributed by atoms with Gasteiger partial charge in [0.05, 0.1) is 32.1 Å². The van der Waals surface area contributed by atoms with Crippen molar-refractivity contribution >= 4 is 47.4 Å². The number of aliphatic carboxylic acids is 2. The SMILES string of the molecule is CC[C@H](C)[C@H](NC(=O)[C@H](Cc1ccccc1)NC(=O)[C@H](Cc1cnc[nH]1)NC(=O)[C@@H](NC(=O)[C@@H](N)CO)[C@@H](C)O)C(=O)N[C@@H](CC(=O)O)C(=O)N[C@@H](CO)C(=O)O. The lowest BCUT2D eigenvalue weighted by Crippen LogP contribution is -2.62. The molecule has 0 fully saturated rings. The van der Waals surface area contributed by atoms with Gasteiger partial charge in [-0.15, -0.1) is 0 Å². The minimum atomic E-state index is -1.83. The van der Waals surface area contributed by atoms with Crippen molar-refractivity contribution < 1.29 is 63.9 Å². The molecule has 0 aliphatic heterocycles. The van der Waals surface area contributed by atoms with E-state index in [9.17, 15) is 63.9 Å². The van der Waals surface area contributed by atoms with Crippen molar-refractivity contribution in [2.45, 2.75) is 94.9 Å². The van der Waals surface area contributed by atoms with E-state index >= 15 is 0 Å². The predicted molar refractivity (Wildman–Crippen MR) is 197 cm³/mol. The fraction of sp³-hybridized carbons (Fsp3) is 0.514. The standard InChI is InChI=1S/C35H51N9O13/c1-4-17(2)27(33(54)41-24(12-26(48)49)31(52)42-25(15-46)35(56)57)43-32(53)22(10-19-8-6-5-7-9-19)39-30(51)23(11-20-13-37-16-38-20)40-34(55)28(18(3)47)44-29(50)21(36)14-45/h5-9,13,16-18,21-25,27-28,45-47H,4,10-12,14-15,36H2,1-3H3,(H,37,38)(H,39,51)(H,40,55)(H,41,54)(H,42,52)(H,43,53)(H,44,50)(H,48,49)(H,56,57)/t17-,18+,21-,22-,23-,24-,25-,27-,28-/m0/s1. The van der Waals surface area contributed by atoms with Crippen LogP contribution in [0, 0.1) is 5.92 Å². The number of imidazole rings is 1. The quantitative estimate of drug-likeness (QED) is 0.0475. The molecule has 0 aliphatic carbocycles. The molecular formula is C35H51N9O13. The number of amides is 6. The first-order chi connectivity index (χ1) is 26.9. The van der Waals surface area contributed by atoms with E-state index in [-0.39, 0.29) is 19.3 Å². The third-order valence-electron chi connectivity index (χ3n) is 8.73. The summed E-state index contributed by atoms with van der Waals surface area (Å²) in [5.41, 5.74) is 6.46. The van der Waals surface area contributed by atoms with Crippen LogP contribution in [0.3, 0.4) is 0 Å². The fourth-order valence-electron chi connectivity index (χ4n) is 5.23. The average molecular weight is 806 g/mol. The molecule has 2 aromatic rings. The lowest BCUT2D eigenvalue weighted by molar-refractivity contribution is -0.144. The number of carbonyl (C=O) groups is 8. The molecule has 9 atom stereocenters. The summed E-state index contributed by atoms with van der Waals surface area (Å²) in [4.78, 5) is 110. The van der Waals surface area contributed by atoms with Crippen LogP contribution in [0.1, 0.15) is 44.9 Å². The Balaban J connectivity index is 2.45. The normalized spacial score (nSPS) is 15.8. The van der Waals surface area contributed by atoms with Crippen molar-refractivity contribution in [3.05, 3.63) is 54.1 Å². The highest BCUT2D eigenvalue weighted by Gasteiger charge is 2.36. The van der Waals surface area contributed by atoms with E-state index in [4.69, 9.17) is 5.73 Å². The van der Waals surface area contributed by atoms with Gasteiger partial charge in [-0.1, -0.05) is 50.6 Å². The van der Waals surface area contributed by atoms with E-state index in [1.54, 1.807) is 44.2 Å². The van der Waals surface area contributed by atoms with Crippen molar-refractivity contribution in [3.63, 3.8) is 0 Å². The van der Waals surface area contributed by atoms with E-state index in [0.717, 1.165) is 0 Å². The van der Waals surface area contributed by atoms with Crippen molar-refractivity contribution in [2.24, 2.45) is 11.7 Å². The Morgan fingerprint density at radius 3 is 1.75 bits per heavy atom. The maximum atomic E-state index is 14.1. The zero-order chi connectivity index (χ0) is 42.8. The number of aromatic nitrogens is 2. The summed E-state index contributed by atoms with van der Waals surface area (Å²) < 4.78 is 0.